The molecule has 1 heterocycles. The van der Waals surface area contributed by atoms with Gasteiger partial charge in [0.1, 0.15) is 0 Å². The fourth-order valence-electron chi connectivity index (χ4n) is 3.26. The summed E-state index contributed by atoms with van der Waals surface area (Å²) < 4.78 is 16.3. The average Bonchev–Trinajstić information content (AvgIpc) is 3.35. The first-order chi connectivity index (χ1) is 16.4. The highest BCUT2D eigenvalue weighted by Crippen LogP contribution is 2.27. The van der Waals surface area contributed by atoms with Crippen molar-refractivity contribution in [1.82, 2.24) is 10.7 Å². The number of anilines is 1. The summed E-state index contributed by atoms with van der Waals surface area (Å²) in [6, 6.07) is 12.4. The Labute approximate surface area is 197 Å². The zero-order valence-electron chi connectivity index (χ0n) is 19.1. The molecule has 0 aliphatic carbocycles. The average molecular weight is 469 g/mol. The number of aryl methyl sites for hydroxylation is 1. The lowest BCUT2D eigenvalue weighted by molar-refractivity contribution is -0.139. The third-order valence-corrected chi connectivity index (χ3v) is 4.95. The maximum atomic E-state index is 12.2. The number of hydrogen-bond acceptors (Lipinski definition) is 7. The van der Waals surface area contributed by atoms with Gasteiger partial charge in [-0.1, -0.05) is 12.1 Å². The Morgan fingerprint density at radius 2 is 2.00 bits per heavy atom. The molecule has 1 fully saturated rings. The van der Waals surface area contributed by atoms with E-state index in [2.05, 4.69) is 21.2 Å². The van der Waals surface area contributed by atoms with Crippen molar-refractivity contribution >= 4 is 29.6 Å². The minimum atomic E-state index is -0.874. The standard InChI is InChI=1S/C24H28N4O6/c1-16-5-3-6-18(11-16)27-22(29)15-34-20-9-8-17(12-21(20)32-2)13-26-28-24(31)23(30)25-14-19-7-4-10-33-19/h3,5-6,8-9,11-13,19H,4,7,10,14-15H2,1-2H3,(H,25,30)(H,27,29)(H,28,31)/b26-13-/t19-/m1/s1. The van der Waals surface area contributed by atoms with Crippen LogP contribution in [0.4, 0.5) is 5.69 Å². The van der Waals surface area contributed by atoms with Crippen LogP contribution in [0, 0.1) is 6.92 Å². The SMILES string of the molecule is COc1cc(/C=N\NC(=O)C(=O)NC[C@H]2CCCO2)ccc1OCC(=O)Nc1cccc(C)c1. The van der Waals surface area contributed by atoms with Gasteiger partial charge in [0.2, 0.25) is 0 Å². The van der Waals surface area contributed by atoms with Crippen molar-refractivity contribution in [2.75, 3.05) is 32.2 Å². The van der Waals surface area contributed by atoms with Crippen LogP contribution in [0.2, 0.25) is 0 Å². The van der Waals surface area contributed by atoms with Crippen LogP contribution in [0.25, 0.3) is 0 Å². The topological polar surface area (TPSA) is 127 Å². The number of methoxy groups -OCH3 is 1. The van der Waals surface area contributed by atoms with Crippen molar-refractivity contribution in [3.05, 3.63) is 53.6 Å². The van der Waals surface area contributed by atoms with E-state index in [1.807, 2.05) is 25.1 Å². The van der Waals surface area contributed by atoms with E-state index in [1.165, 1.54) is 13.3 Å². The van der Waals surface area contributed by atoms with Gasteiger partial charge < -0.3 is 24.8 Å². The Hall–Kier alpha value is -3.92. The molecular weight excluding hydrogens is 440 g/mol. The van der Waals surface area contributed by atoms with E-state index in [0.29, 0.717) is 29.4 Å². The van der Waals surface area contributed by atoms with Gasteiger partial charge in [0.05, 0.1) is 19.4 Å². The van der Waals surface area contributed by atoms with Crippen LogP contribution in [-0.4, -0.2) is 56.9 Å². The Morgan fingerprint density at radius 1 is 1.15 bits per heavy atom. The molecule has 180 valence electrons. The van der Waals surface area contributed by atoms with Gasteiger partial charge >= 0.3 is 11.8 Å². The molecule has 0 spiro atoms. The number of nitrogens with zero attached hydrogens (tertiary/aromatic N) is 1. The quantitative estimate of drug-likeness (QED) is 0.292. The van der Waals surface area contributed by atoms with Crippen LogP contribution < -0.4 is 25.5 Å². The molecule has 0 unspecified atom stereocenters. The van der Waals surface area contributed by atoms with Crippen LogP contribution in [0.5, 0.6) is 11.5 Å². The summed E-state index contributed by atoms with van der Waals surface area (Å²) in [5.41, 5.74) is 4.49. The van der Waals surface area contributed by atoms with Crippen molar-refractivity contribution in [2.45, 2.75) is 25.9 Å². The van der Waals surface area contributed by atoms with Crippen molar-refractivity contribution in [1.29, 1.82) is 0 Å². The lowest BCUT2D eigenvalue weighted by Crippen LogP contribution is -2.41. The van der Waals surface area contributed by atoms with Crippen LogP contribution in [0.1, 0.15) is 24.0 Å². The van der Waals surface area contributed by atoms with Crippen molar-refractivity contribution in [3.63, 3.8) is 0 Å². The third kappa shape index (κ3) is 7.59. The number of benzene rings is 2. The zero-order chi connectivity index (χ0) is 24.3. The monoisotopic (exact) mass is 468 g/mol. The predicted octanol–water partition coefficient (Wildman–Crippen LogP) is 1.77. The highest BCUT2D eigenvalue weighted by Gasteiger charge is 2.19. The van der Waals surface area contributed by atoms with Crippen LogP contribution in [0.3, 0.4) is 0 Å². The normalized spacial score (nSPS) is 15.1. The number of nitrogens with one attached hydrogen (secondary N) is 3. The number of ether oxygens (including phenoxy) is 3. The molecule has 34 heavy (non-hydrogen) atoms. The van der Waals surface area contributed by atoms with E-state index >= 15 is 0 Å². The van der Waals surface area contributed by atoms with Crippen molar-refractivity contribution in [3.8, 4) is 11.5 Å². The second kappa shape index (κ2) is 12.4. The summed E-state index contributed by atoms with van der Waals surface area (Å²) in [6.07, 6.45) is 3.12. The highest BCUT2D eigenvalue weighted by molar-refractivity contribution is 6.35. The molecule has 2 aromatic rings. The van der Waals surface area contributed by atoms with Crippen LogP contribution in [0.15, 0.2) is 47.6 Å². The van der Waals surface area contributed by atoms with E-state index in [0.717, 1.165) is 18.4 Å². The fourth-order valence-corrected chi connectivity index (χ4v) is 3.26. The summed E-state index contributed by atoms with van der Waals surface area (Å²) >= 11 is 0. The van der Waals surface area contributed by atoms with Crippen molar-refractivity contribution < 1.29 is 28.6 Å². The second-order valence-corrected chi connectivity index (χ2v) is 7.66. The van der Waals surface area contributed by atoms with E-state index < -0.39 is 11.8 Å². The predicted molar refractivity (Wildman–Crippen MR) is 126 cm³/mol. The molecule has 3 N–H and O–H groups in total. The summed E-state index contributed by atoms with van der Waals surface area (Å²) in [6.45, 7) is 2.70. The lowest BCUT2D eigenvalue weighted by atomic mass is 10.2. The number of carbonyl (C=O) groups excluding carboxylic acids is 3. The molecule has 3 rings (SSSR count). The summed E-state index contributed by atoms with van der Waals surface area (Å²) in [7, 11) is 1.47. The van der Waals surface area contributed by atoms with Crippen LogP contribution >= 0.6 is 0 Å². The molecule has 10 heteroatoms. The van der Waals surface area contributed by atoms with Gasteiger partial charge in [-0.3, -0.25) is 14.4 Å². The second-order valence-electron chi connectivity index (χ2n) is 7.66. The van der Waals surface area contributed by atoms with E-state index in [-0.39, 0.29) is 25.2 Å². The van der Waals surface area contributed by atoms with Gasteiger partial charge in [0.15, 0.2) is 18.1 Å². The zero-order valence-corrected chi connectivity index (χ0v) is 19.1. The lowest BCUT2D eigenvalue weighted by Gasteiger charge is -2.12. The first-order valence-electron chi connectivity index (χ1n) is 10.8. The number of carbonyl (C=O) groups is 3. The first kappa shape index (κ1) is 24.7. The summed E-state index contributed by atoms with van der Waals surface area (Å²) in [4.78, 5) is 35.8. The maximum Gasteiger partial charge on any atom is 0.329 e. The van der Waals surface area contributed by atoms with E-state index in [9.17, 15) is 14.4 Å². The molecule has 2 aromatic carbocycles. The first-order valence-corrected chi connectivity index (χ1v) is 10.8. The van der Waals surface area contributed by atoms with Gasteiger partial charge in [-0.25, -0.2) is 5.43 Å². The van der Waals surface area contributed by atoms with Gasteiger partial charge in [0.25, 0.3) is 5.91 Å². The molecule has 0 radical (unpaired) electrons. The van der Waals surface area contributed by atoms with Crippen molar-refractivity contribution in [2.24, 2.45) is 5.10 Å². The van der Waals surface area contributed by atoms with Crippen LogP contribution in [-0.2, 0) is 19.1 Å². The molecule has 1 saturated heterocycles. The summed E-state index contributed by atoms with van der Waals surface area (Å²) in [5.74, 6) is -1.21. The highest BCUT2D eigenvalue weighted by atomic mass is 16.5. The van der Waals surface area contributed by atoms with Gasteiger partial charge in [-0.05, 0) is 61.2 Å². The number of hydrazone groups is 1. The van der Waals surface area contributed by atoms with Gasteiger partial charge in [-0.15, -0.1) is 0 Å². The smallest absolute Gasteiger partial charge is 0.329 e. The Balaban J connectivity index is 1.47. The number of hydrogen-bond donors (Lipinski definition) is 3. The minimum Gasteiger partial charge on any atom is -0.493 e. The molecule has 0 aromatic heterocycles. The Kier molecular flexibility index (Phi) is 8.98. The van der Waals surface area contributed by atoms with E-state index in [1.54, 1.807) is 24.3 Å². The fraction of sp³-hybridized carbons (Fsp3) is 0.333. The molecule has 0 saturated carbocycles. The van der Waals surface area contributed by atoms with Gasteiger partial charge in [0, 0.05) is 18.8 Å². The molecule has 1 aliphatic rings. The molecular formula is C24H28N4O6. The molecule has 3 amide bonds. The maximum absolute atomic E-state index is 12.2. The Morgan fingerprint density at radius 3 is 2.74 bits per heavy atom. The summed E-state index contributed by atoms with van der Waals surface area (Å²) in [5, 5.41) is 9.09. The number of rotatable bonds is 9. The number of amides is 3. The third-order valence-electron chi connectivity index (χ3n) is 4.95. The molecule has 1 aliphatic heterocycles. The van der Waals surface area contributed by atoms with Gasteiger partial charge in [-0.2, -0.15) is 5.10 Å². The molecule has 0 bridgehead atoms. The minimum absolute atomic E-state index is 0.0536. The Bertz CT molecular complexity index is 1050. The molecule has 1 atom stereocenters. The molecule has 10 nitrogen and oxygen atoms in total. The van der Waals surface area contributed by atoms with E-state index in [4.69, 9.17) is 14.2 Å². The largest absolute Gasteiger partial charge is 0.493 e.